The zero-order chi connectivity index (χ0) is 14.8. The van der Waals surface area contributed by atoms with Crippen molar-refractivity contribution in [2.45, 2.75) is 0 Å². The second-order valence-electron chi connectivity index (χ2n) is 4.98. The number of pyridine rings is 1. The molecule has 0 spiro atoms. The third-order valence-corrected chi connectivity index (χ3v) is 3.49. The number of fused-ring (bicyclic) bond motifs is 1. The molecule has 0 aliphatic heterocycles. The van der Waals surface area contributed by atoms with Crippen molar-refractivity contribution in [2.24, 2.45) is 0 Å². The topological polar surface area (TPSA) is 26.5 Å². The lowest BCUT2D eigenvalue weighted by atomic mass is 10.2. The highest BCUT2D eigenvalue weighted by Crippen LogP contribution is 2.33. The van der Waals surface area contributed by atoms with E-state index in [0.29, 0.717) is 0 Å². The van der Waals surface area contributed by atoms with Gasteiger partial charge in [-0.25, -0.2) is 4.98 Å². The molecule has 2 aromatic heterocycles. The van der Waals surface area contributed by atoms with Crippen molar-refractivity contribution in [1.82, 2.24) is 9.38 Å². The van der Waals surface area contributed by atoms with Gasteiger partial charge >= 0.3 is 0 Å². The largest absolute Gasteiger partial charge is 0.438 e. The van der Waals surface area contributed by atoms with Crippen LogP contribution < -0.4 is 4.74 Å². The van der Waals surface area contributed by atoms with Gasteiger partial charge in [-0.3, -0.25) is 4.40 Å². The highest BCUT2D eigenvalue weighted by atomic mass is 16.5. The van der Waals surface area contributed by atoms with Gasteiger partial charge in [0.25, 0.3) is 0 Å². The zero-order valence-corrected chi connectivity index (χ0v) is 11.9. The van der Waals surface area contributed by atoms with E-state index in [1.165, 1.54) is 0 Å². The van der Waals surface area contributed by atoms with Crippen LogP contribution in [0.25, 0.3) is 16.9 Å². The summed E-state index contributed by atoms with van der Waals surface area (Å²) in [6, 6.07) is 25.8. The van der Waals surface area contributed by atoms with Crippen molar-refractivity contribution in [3.63, 3.8) is 0 Å². The third-order valence-electron chi connectivity index (χ3n) is 3.49. The first-order valence-corrected chi connectivity index (χ1v) is 7.17. The molecule has 0 aliphatic rings. The molecule has 0 atom stereocenters. The molecule has 0 aliphatic carbocycles. The molecule has 4 rings (SSSR count). The molecular formula is C19H14N2O. The fourth-order valence-corrected chi connectivity index (χ4v) is 2.46. The standard InChI is InChI=1S/C19H14N2O/c1-3-9-15(10-4-1)18-19(22-16-11-5-2-6-12-16)21-14-8-7-13-17(21)20-18/h1-14H. The monoisotopic (exact) mass is 286 g/mol. The molecule has 0 fully saturated rings. The minimum atomic E-state index is 0.730. The molecule has 22 heavy (non-hydrogen) atoms. The lowest BCUT2D eigenvalue weighted by Gasteiger charge is -2.07. The van der Waals surface area contributed by atoms with E-state index in [9.17, 15) is 0 Å². The first kappa shape index (κ1) is 12.7. The predicted octanol–water partition coefficient (Wildman–Crippen LogP) is 4.79. The van der Waals surface area contributed by atoms with E-state index >= 15 is 0 Å². The number of hydrogen-bond acceptors (Lipinski definition) is 2. The number of benzene rings is 2. The van der Waals surface area contributed by atoms with Crippen LogP contribution in [0.5, 0.6) is 11.6 Å². The number of hydrogen-bond donors (Lipinski definition) is 0. The summed E-state index contributed by atoms with van der Waals surface area (Å²) in [6.07, 6.45) is 1.97. The van der Waals surface area contributed by atoms with E-state index < -0.39 is 0 Å². The fourth-order valence-electron chi connectivity index (χ4n) is 2.46. The smallest absolute Gasteiger partial charge is 0.232 e. The van der Waals surface area contributed by atoms with E-state index in [1.54, 1.807) is 0 Å². The first-order valence-electron chi connectivity index (χ1n) is 7.17. The summed E-state index contributed by atoms with van der Waals surface area (Å²) in [5, 5.41) is 0. The van der Waals surface area contributed by atoms with Gasteiger partial charge in [-0.05, 0) is 24.3 Å². The summed E-state index contributed by atoms with van der Waals surface area (Å²) < 4.78 is 8.09. The Kier molecular flexibility index (Phi) is 3.09. The Hall–Kier alpha value is -3.07. The van der Waals surface area contributed by atoms with Crippen LogP contribution in [-0.2, 0) is 0 Å². The van der Waals surface area contributed by atoms with E-state index in [-0.39, 0.29) is 0 Å². The van der Waals surface area contributed by atoms with Gasteiger partial charge in [-0.15, -0.1) is 0 Å². The van der Waals surface area contributed by atoms with Crippen LogP contribution in [0.2, 0.25) is 0 Å². The molecule has 0 amide bonds. The lowest BCUT2D eigenvalue weighted by Crippen LogP contribution is -1.91. The molecule has 3 heteroatoms. The van der Waals surface area contributed by atoms with Gasteiger partial charge in [0.05, 0.1) is 0 Å². The highest BCUT2D eigenvalue weighted by molar-refractivity contribution is 5.69. The molecule has 0 bridgehead atoms. The maximum absolute atomic E-state index is 6.12. The zero-order valence-electron chi connectivity index (χ0n) is 11.9. The summed E-state index contributed by atoms with van der Waals surface area (Å²) in [5.74, 6) is 1.53. The Morgan fingerprint density at radius 2 is 1.41 bits per heavy atom. The highest BCUT2D eigenvalue weighted by Gasteiger charge is 2.15. The molecule has 2 aromatic carbocycles. The molecule has 0 unspecified atom stereocenters. The van der Waals surface area contributed by atoms with Gasteiger partial charge in [-0.2, -0.15) is 0 Å². The number of aromatic nitrogens is 2. The van der Waals surface area contributed by atoms with Crippen molar-refractivity contribution >= 4 is 5.65 Å². The second kappa shape index (κ2) is 5.37. The van der Waals surface area contributed by atoms with Gasteiger partial charge in [0.1, 0.15) is 17.1 Å². The van der Waals surface area contributed by atoms with Gasteiger partial charge in [0, 0.05) is 11.8 Å². The van der Waals surface area contributed by atoms with Crippen molar-refractivity contribution in [3.8, 4) is 22.9 Å². The number of rotatable bonds is 3. The molecule has 0 saturated carbocycles. The molecule has 2 heterocycles. The van der Waals surface area contributed by atoms with Crippen LogP contribution in [0.15, 0.2) is 85.1 Å². The molecule has 0 radical (unpaired) electrons. The average Bonchev–Trinajstić information content (AvgIpc) is 2.95. The number of para-hydroxylation sites is 1. The SMILES string of the molecule is c1ccc(Oc2c(-c3ccccc3)nc3ccccn23)cc1. The minimum Gasteiger partial charge on any atom is -0.438 e. The van der Waals surface area contributed by atoms with Crippen molar-refractivity contribution < 1.29 is 4.74 Å². The number of nitrogens with zero attached hydrogens (tertiary/aromatic N) is 2. The van der Waals surface area contributed by atoms with E-state index in [1.807, 2.05) is 89.5 Å². The van der Waals surface area contributed by atoms with Gasteiger partial charge in [0.2, 0.25) is 5.88 Å². The summed E-state index contributed by atoms with van der Waals surface area (Å²) in [7, 11) is 0. The van der Waals surface area contributed by atoms with Crippen molar-refractivity contribution in [2.75, 3.05) is 0 Å². The van der Waals surface area contributed by atoms with Crippen LogP contribution in [-0.4, -0.2) is 9.38 Å². The maximum Gasteiger partial charge on any atom is 0.232 e. The molecular weight excluding hydrogens is 272 g/mol. The van der Waals surface area contributed by atoms with Gasteiger partial charge in [-0.1, -0.05) is 54.6 Å². The van der Waals surface area contributed by atoms with Crippen LogP contribution >= 0.6 is 0 Å². The van der Waals surface area contributed by atoms with Crippen LogP contribution in [0.1, 0.15) is 0 Å². The third kappa shape index (κ3) is 2.23. The van der Waals surface area contributed by atoms with E-state index in [4.69, 9.17) is 9.72 Å². The van der Waals surface area contributed by atoms with Crippen LogP contribution in [0.3, 0.4) is 0 Å². The maximum atomic E-state index is 6.12. The Labute approximate surface area is 128 Å². The Bertz CT molecular complexity index is 899. The molecule has 106 valence electrons. The van der Waals surface area contributed by atoms with Crippen molar-refractivity contribution in [3.05, 3.63) is 85.1 Å². The van der Waals surface area contributed by atoms with E-state index in [0.717, 1.165) is 28.5 Å². The normalized spacial score (nSPS) is 10.7. The lowest BCUT2D eigenvalue weighted by molar-refractivity contribution is 0.460. The molecule has 0 N–H and O–H groups in total. The number of ether oxygens (including phenoxy) is 1. The Morgan fingerprint density at radius 1 is 0.727 bits per heavy atom. The summed E-state index contributed by atoms with van der Waals surface area (Å²) in [4.78, 5) is 4.72. The quantitative estimate of drug-likeness (QED) is 0.541. The molecule has 3 nitrogen and oxygen atoms in total. The molecule has 0 saturated heterocycles. The Balaban J connectivity index is 1.91. The molecule has 4 aromatic rings. The number of imidazole rings is 1. The second-order valence-corrected chi connectivity index (χ2v) is 4.98. The summed E-state index contributed by atoms with van der Waals surface area (Å²) in [5.41, 5.74) is 2.75. The van der Waals surface area contributed by atoms with Gasteiger partial charge in [0.15, 0.2) is 0 Å². The average molecular weight is 286 g/mol. The van der Waals surface area contributed by atoms with Gasteiger partial charge < -0.3 is 4.74 Å². The summed E-state index contributed by atoms with van der Waals surface area (Å²) >= 11 is 0. The first-order chi connectivity index (χ1) is 10.9. The minimum absolute atomic E-state index is 0.730. The van der Waals surface area contributed by atoms with Crippen molar-refractivity contribution in [1.29, 1.82) is 0 Å². The summed E-state index contributed by atoms with van der Waals surface area (Å²) in [6.45, 7) is 0. The van der Waals surface area contributed by atoms with Crippen LogP contribution in [0.4, 0.5) is 0 Å². The Morgan fingerprint density at radius 3 is 2.18 bits per heavy atom. The predicted molar refractivity (Wildman–Crippen MR) is 87.1 cm³/mol. The van der Waals surface area contributed by atoms with E-state index in [2.05, 4.69) is 0 Å². The fraction of sp³-hybridized carbons (Fsp3) is 0. The van der Waals surface area contributed by atoms with Crippen LogP contribution in [0, 0.1) is 0 Å².